The van der Waals surface area contributed by atoms with Crippen molar-refractivity contribution < 1.29 is 9.53 Å². The van der Waals surface area contributed by atoms with Gasteiger partial charge in [-0.3, -0.25) is 4.79 Å². The molecule has 1 aliphatic carbocycles. The Bertz CT molecular complexity index is 225. The molecule has 0 spiro atoms. The number of hydrogen-bond donors (Lipinski definition) is 2. The van der Waals surface area contributed by atoms with Crippen molar-refractivity contribution in [3.63, 3.8) is 0 Å². The number of likely N-dealkylation sites (N-methyl/N-ethyl adjacent to an activating group) is 1. The Labute approximate surface area is 95.3 Å². The van der Waals surface area contributed by atoms with E-state index in [2.05, 4.69) is 5.32 Å². The summed E-state index contributed by atoms with van der Waals surface area (Å²) < 4.78 is 5.00. The first-order valence-electron chi connectivity index (χ1n) is 5.24. The molecule has 0 radical (unpaired) electrons. The minimum absolute atomic E-state index is 0.222. The second-order valence-corrected chi connectivity index (χ2v) is 5.33. The summed E-state index contributed by atoms with van der Waals surface area (Å²) in [7, 11) is 3.52. The highest BCUT2D eigenvalue weighted by molar-refractivity contribution is 7.99. The van der Waals surface area contributed by atoms with Gasteiger partial charge in [0.25, 0.3) is 0 Å². The Kier molecular flexibility index (Phi) is 4.89. The quantitative estimate of drug-likeness (QED) is 0.649. The van der Waals surface area contributed by atoms with E-state index in [-0.39, 0.29) is 5.91 Å². The zero-order chi connectivity index (χ0) is 11.3. The van der Waals surface area contributed by atoms with E-state index in [1.54, 1.807) is 7.11 Å². The van der Waals surface area contributed by atoms with Crippen LogP contribution in [-0.4, -0.2) is 43.2 Å². The first kappa shape index (κ1) is 12.8. The largest absolute Gasteiger partial charge is 0.384 e. The second-order valence-electron chi connectivity index (χ2n) is 3.92. The topological polar surface area (TPSA) is 64.3 Å². The van der Waals surface area contributed by atoms with Gasteiger partial charge in [0.05, 0.1) is 12.1 Å². The summed E-state index contributed by atoms with van der Waals surface area (Å²) in [6, 6.07) is 0. The first-order chi connectivity index (χ1) is 7.14. The minimum atomic E-state index is -0.468. The summed E-state index contributed by atoms with van der Waals surface area (Å²) in [5.41, 5.74) is 4.96. The smallest absolute Gasteiger partial charge is 0.237 e. The van der Waals surface area contributed by atoms with Gasteiger partial charge in [0, 0.05) is 18.1 Å². The molecule has 0 aliphatic heterocycles. The number of methoxy groups -OCH3 is 1. The minimum Gasteiger partial charge on any atom is -0.384 e. The number of nitrogens with one attached hydrogen (secondary N) is 1. The lowest BCUT2D eigenvalue weighted by atomic mass is 9.97. The molecule has 1 rings (SSSR count). The zero-order valence-corrected chi connectivity index (χ0v) is 10.2. The van der Waals surface area contributed by atoms with E-state index >= 15 is 0 Å². The van der Waals surface area contributed by atoms with E-state index in [9.17, 15) is 4.79 Å². The Morgan fingerprint density at radius 1 is 1.73 bits per heavy atom. The molecular formula is C10H20N2O2S. The standard InChI is InChI=1S/C10H20N2O2S/c1-12-10(9(11)13)4-3-8(7-10)15-6-5-14-2/h8,12H,3-7H2,1-2H3,(H2,11,13). The molecule has 0 aromatic carbocycles. The van der Waals surface area contributed by atoms with E-state index in [1.165, 1.54) is 0 Å². The van der Waals surface area contributed by atoms with Crippen LogP contribution in [0.15, 0.2) is 0 Å². The maximum absolute atomic E-state index is 11.4. The summed E-state index contributed by atoms with van der Waals surface area (Å²) in [6.45, 7) is 0.768. The number of nitrogens with two attached hydrogens (primary N) is 1. The van der Waals surface area contributed by atoms with E-state index < -0.39 is 5.54 Å². The van der Waals surface area contributed by atoms with Crippen molar-refractivity contribution in [3.05, 3.63) is 0 Å². The van der Waals surface area contributed by atoms with Crippen LogP contribution in [0.3, 0.4) is 0 Å². The maximum Gasteiger partial charge on any atom is 0.237 e. The molecule has 1 fully saturated rings. The van der Waals surface area contributed by atoms with Crippen LogP contribution in [-0.2, 0) is 9.53 Å². The molecule has 3 N–H and O–H groups in total. The number of rotatable bonds is 6. The van der Waals surface area contributed by atoms with Crippen molar-refractivity contribution in [2.24, 2.45) is 5.73 Å². The highest BCUT2D eigenvalue weighted by Crippen LogP contribution is 2.36. The number of amides is 1. The fraction of sp³-hybridized carbons (Fsp3) is 0.900. The van der Waals surface area contributed by atoms with E-state index in [4.69, 9.17) is 10.5 Å². The molecule has 0 saturated heterocycles. The summed E-state index contributed by atoms with van der Waals surface area (Å²) in [6.07, 6.45) is 2.74. The van der Waals surface area contributed by atoms with Crippen molar-refractivity contribution in [1.82, 2.24) is 5.32 Å². The highest BCUT2D eigenvalue weighted by Gasteiger charge is 2.42. The normalized spacial score (nSPS) is 30.7. The number of carbonyl (C=O) groups is 1. The molecule has 15 heavy (non-hydrogen) atoms. The average molecular weight is 232 g/mol. The third-order valence-corrected chi connectivity index (χ3v) is 4.34. The second kappa shape index (κ2) is 5.72. The summed E-state index contributed by atoms with van der Waals surface area (Å²) in [5, 5.41) is 3.61. The number of primary amides is 1. The molecule has 88 valence electrons. The van der Waals surface area contributed by atoms with E-state index in [0.717, 1.165) is 31.6 Å². The zero-order valence-electron chi connectivity index (χ0n) is 9.41. The lowest BCUT2D eigenvalue weighted by molar-refractivity contribution is -0.124. The number of thioether (sulfide) groups is 1. The Morgan fingerprint density at radius 3 is 2.93 bits per heavy atom. The van der Waals surface area contributed by atoms with Crippen LogP contribution in [0.25, 0.3) is 0 Å². The van der Waals surface area contributed by atoms with Crippen LogP contribution < -0.4 is 11.1 Å². The van der Waals surface area contributed by atoms with Crippen LogP contribution in [0, 0.1) is 0 Å². The van der Waals surface area contributed by atoms with Gasteiger partial charge in [0.2, 0.25) is 5.91 Å². The molecule has 0 aromatic rings. The Balaban J connectivity index is 2.39. The fourth-order valence-corrected chi connectivity index (χ4v) is 3.30. The van der Waals surface area contributed by atoms with Crippen LogP contribution >= 0.6 is 11.8 Å². The third kappa shape index (κ3) is 3.09. The van der Waals surface area contributed by atoms with Gasteiger partial charge in [-0.15, -0.1) is 0 Å². The van der Waals surface area contributed by atoms with Crippen LogP contribution in [0.2, 0.25) is 0 Å². The molecular weight excluding hydrogens is 212 g/mol. The predicted molar refractivity (Wildman–Crippen MR) is 63.0 cm³/mol. The van der Waals surface area contributed by atoms with Crippen molar-refractivity contribution >= 4 is 17.7 Å². The molecule has 4 nitrogen and oxygen atoms in total. The fourth-order valence-electron chi connectivity index (χ4n) is 2.01. The highest BCUT2D eigenvalue weighted by atomic mass is 32.2. The Hall–Kier alpha value is -0.260. The molecule has 2 unspecified atom stereocenters. The van der Waals surface area contributed by atoms with E-state index in [0.29, 0.717) is 5.25 Å². The van der Waals surface area contributed by atoms with Crippen molar-refractivity contribution in [2.75, 3.05) is 26.5 Å². The van der Waals surface area contributed by atoms with Crippen molar-refractivity contribution in [1.29, 1.82) is 0 Å². The van der Waals surface area contributed by atoms with Gasteiger partial charge in [-0.05, 0) is 26.3 Å². The van der Waals surface area contributed by atoms with Crippen molar-refractivity contribution in [2.45, 2.75) is 30.1 Å². The summed E-state index contributed by atoms with van der Waals surface area (Å²) in [4.78, 5) is 11.4. The lowest BCUT2D eigenvalue weighted by Gasteiger charge is -2.24. The molecule has 2 atom stereocenters. The molecule has 1 amide bonds. The Morgan fingerprint density at radius 2 is 2.47 bits per heavy atom. The van der Waals surface area contributed by atoms with Crippen LogP contribution in [0.5, 0.6) is 0 Å². The number of carbonyl (C=O) groups excluding carboxylic acids is 1. The van der Waals surface area contributed by atoms with Crippen molar-refractivity contribution in [3.8, 4) is 0 Å². The molecule has 1 saturated carbocycles. The van der Waals surface area contributed by atoms with Gasteiger partial charge in [-0.2, -0.15) is 11.8 Å². The van der Waals surface area contributed by atoms with Gasteiger partial charge in [0.1, 0.15) is 0 Å². The summed E-state index contributed by atoms with van der Waals surface area (Å²) in [5.74, 6) is 0.763. The molecule has 5 heteroatoms. The predicted octanol–water partition coefficient (Wildman–Crippen LogP) is 0.362. The average Bonchev–Trinajstić information content (AvgIpc) is 2.63. The number of ether oxygens (including phenoxy) is 1. The maximum atomic E-state index is 11.4. The van der Waals surface area contributed by atoms with Gasteiger partial charge < -0.3 is 15.8 Å². The lowest BCUT2D eigenvalue weighted by Crippen LogP contribution is -2.52. The first-order valence-corrected chi connectivity index (χ1v) is 6.29. The monoisotopic (exact) mass is 232 g/mol. The SMILES string of the molecule is CNC1(C(N)=O)CCC(SCCOC)C1. The molecule has 0 aromatic heterocycles. The van der Waals surface area contributed by atoms with Gasteiger partial charge >= 0.3 is 0 Å². The van der Waals surface area contributed by atoms with Gasteiger partial charge in [0.15, 0.2) is 0 Å². The van der Waals surface area contributed by atoms with Gasteiger partial charge in [-0.1, -0.05) is 0 Å². The van der Waals surface area contributed by atoms with Crippen LogP contribution in [0.4, 0.5) is 0 Å². The van der Waals surface area contributed by atoms with Gasteiger partial charge in [-0.25, -0.2) is 0 Å². The number of hydrogen-bond acceptors (Lipinski definition) is 4. The molecule has 0 bridgehead atoms. The summed E-state index contributed by atoms with van der Waals surface area (Å²) >= 11 is 1.87. The van der Waals surface area contributed by atoms with Crippen LogP contribution in [0.1, 0.15) is 19.3 Å². The molecule has 0 heterocycles. The van der Waals surface area contributed by atoms with E-state index in [1.807, 2.05) is 18.8 Å². The molecule has 1 aliphatic rings. The third-order valence-electron chi connectivity index (χ3n) is 3.06.